The van der Waals surface area contributed by atoms with Crippen molar-refractivity contribution in [3.05, 3.63) is 75.8 Å². The highest BCUT2D eigenvalue weighted by atomic mass is 16.8. The molecule has 10 nitrogen and oxygen atoms in total. The first-order chi connectivity index (χ1) is 16.3. The largest absolute Gasteiger partial charge is 0.453 e. The number of fused-ring (bicyclic) bond motifs is 1. The molecular weight excluding hydrogens is 446 g/mol. The summed E-state index contributed by atoms with van der Waals surface area (Å²) in [4.78, 5) is 23.2. The van der Waals surface area contributed by atoms with E-state index in [2.05, 4.69) is 0 Å². The predicted molar refractivity (Wildman–Crippen MR) is 118 cm³/mol. The molecule has 5 atom stereocenters. The van der Waals surface area contributed by atoms with Crippen molar-refractivity contribution in [3.63, 3.8) is 0 Å². The lowest BCUT2D eigenvalue weighted by molar-refractivity contribution is -0.384. The number of hydrogen-bond donors (Lipinski definition) is 0. The van der Waals surface area contributed by atoms with E-state index in [1.807, 2.05) is 30.3 Å². The van der Waals surface area contributed by atoms with Crippen LogP contribution in [0, 0.1) is 10.1 Å². The Hall–Kier alpha value is -2.89. The van der Waals surface area contributed by atoms with Crippen molar-refractivity contribution < 1.29 is 38.1 Å². The summed E-state index contributed by atoms with van der Waals surface area (Å²) >= 11 is 0. The Morgan fingerprint density at radius 1 is 1.12 bits per heavy atom. The van der Waals surface area contributed by atoms with E-state index in [1.165, 1.54) is 31.4 Å². The molecule has 10 heteroatoms. The maximum atomic E-state index is 12.9. The maximum Gasteiger partial charge on any atom is 0.338 e. The van der Waals surface area contributed by atoms with Gasteiger partial charge in [-0.25, -0.2) is 4.79 Å². The van der Waals surface area contributed by atoms with E-state index in [0.717, 1.165) is 5.56 Å². The first kappa shape index (κ1) is 24.2. The number of carbonyl (C=O) groups is 1. The highest BCUT2D eigenvalue weighted by molar-refractivity contribution is 5.89. The van der Waals surface area contributed by atoms with Crippen LogP contribution in [-0.4, -0.2) is 61.1 Å². The summed E-state index contributed by atoms with van der Waals surface area (Å²) in [6.07, 6.45) is -3.31. The zero-order valence-electron chi connectivity index (χ0n) is 19.1. The number of esters is 1. The monoisotopic (exact) mass is 473 g/mol. The summed E-state index contributed by atoms with van der Waals surface area (Å²) in [7, 11) is 1.53. The molecule has 2 fully saturated rings. The third-order valence-electron chi connectivity index (χ3n) is 5.63. The van der Waals surface area contributed by atoms with Crippen molar-refractivity contribution in [2.75, 3.05) is 13.7 Å². The van der Waals surface area contributed by atoms with Crippen LogP contribution in [0.25, 0.3) is 0 Å². The second-order valence-electron chi connectivity index (χ2n) is 8.52. The van der Waals surface area contributed by atoms with Gasteiger partial charge in [0.05, 0.1) is 23.7 Å². The molecule has 2 aromatic rings. The molecule has 0 bridgehead atoms. The van der Waals surface area contributed by atoms with E-state index >= 15 is 0 Å². The molecule has 2 aliphatic heterocycles. The molecule has 0 aliphatic carbocycles. The molecule has 0 spiro atoms. The zero-order chi connectivity index (χ0) is 24.3. The van der Waals surface area contributed by atoms with Gasteiger partial charge in [-0.2, -0.15) is 0 Å². The summed E-state index contributed by atoms with van der Waals surface area (Å²) in [5, 5.41) is 10.9. The highest BCUT2D eigenvalue weighted by Gasteiger charge is 2.57. The average Bonchev–Trinajstić information content (AvgIpc) is 3.30. The minimum Gasteiger partial charge on any atom is -0.453 e. The first-order valence-corrected chi connectivity index (χ1v) is 10.9. The van der Waals surface area contributed by atoms with E-state index in [-0.39, 0.29) is 17.9 Å². The van der Waals surface area contributed by atoms with Gasteiger partial charge in [0, 0.05) is 19.2 Å². The van der Waals surface area contributed by atoms with Crippen molar-refractivity contribution in [1.82, 2.24) is 0 Å². The van der Waals surface area contributed by atoms with E-state index in [0.29, 0.717) is 6.61 Å². The normalized spacial score (nSPS) is 26.1. The third kappa shape index (κ3) is 5.43. The van der Waals surface area contributed by atoms with Crippen LogP contribution in [0.1, 0.15) is 29.8 Å². The van der Waals surface area contributed by atoms with E-state index in [1.54, 1.807) is 13.8 Å². The number of hydrogen-bond acceptors (Lipinski definition) is 9. The number of methoxy groups -OCH3 is 1. The van der Waals surface area contributed by atoms with Crippen LogP contribution in [0.5, 0.6) is 0 Å². The van der Waals surface area contributed by atoms with Crippen molar-refractivity contribution in [2.24, 2.45) is 0 Å². The molecule has 2 aromatic carbocycles. The second-order valence-corrected chi connectivity index (χ2v) is 8.52. The SMILES string of the molecule is CO[C@H]1[C@H]2OC(C)(C)O[C@H]2O[C@@H]1[C@H](COCc1ccccc1)OC(=O)c1ccc([N+](=O)[O-])cc1. The lowest BCUT2D eigenvalue weighted by Crippen LogP contribution is -2.46. The smallest absolute Gasteiger partial charge is 0.338 e. The molecule has 0 N–H and O–H groups in total. The van der Waals surface area contributed by atoms with Crippen molar-refractivity contribution in [2.45, 2.75) is 56.9 Å². The van der Waals surface area contributed by atoms with Crippen LogP contribution < -0.4 is 0 Å². The van der Waals surface area contributed by atoms with Gasteiger partial charge in [0.1, 0.15) is 18.3 Å². The number of nitro benzene ring substituents is 1. The number of rotatable bonds is 9. The topological polar surface area (TPSA) is 116 Å². The van der Waals surface area contributed by atoms with Gasteiger partial charge < -0.3 is 28.4 Å². The fraction of sp³-hybridized carbons (Fsp3) is 0.458. The minimum atomic E-state index is -0.850. The molecule has 2 saturated heterocycles. The standard InChI is InChI=1S/C24H27NO9/c1-24(2)33-21-20(29-3)19(32-23(21)34-24)18(14-30-13-15-7-5-4-6-8-15)31-22(26)16-9-11-17(12-10-16)25(27)28/h4-12,18-21,23H,13-14H2,1-3H3/t18-,19+,20+,21+,23+/m0/s1. The van der Waals surface area contributed by atoms with Gasteiger partial charge in [0.25, 0.3) is 5.69 Å². The number of non-ortho nitro benzene ring substituents is 1. The number of nitrogens with zero attached hydrogens (tertiary/aromatic N) is 1. The van der Waals surface area contributed by atoms with Gasteiger partial charge in [-0.15, -0.1) is 0 Å². The molecule has 0 unspecified atom stereocenters. The van der Waals surface area contributed by atoms with Crippen LogP contribution in [0.2, 0.25) is 0 Å². The molecule has 34 heavy (non-hydrogen) atoms. The van der Waals surface area contributed by atoms with Gasteiger partial charge >= 0.3 is 5.97 Å². The van der Waals surface area contributed by atoms with Gasteiger partial charge in [-0.05, 0) is 31.5 Å². The molecule has 2 aliphatic rings. The van der Waals surface area contributed by atoms with Gasteiger partial charge in [-0.3, -0.25) is 10.1 Å². The number of ether oxygens (including phenoxy) is 6. The summed E-state index contributed by atoms with van der Waals surface area (Å²) in [5.41, 5.74) is 1.01. The molecule has 0 amide bonds. The van der Waals surface area contributed by atoms with Gasteiger partial charge in [0.2, 0.25) is 0 Å². The third-order valence-corrected chi connectivity index (χ3v) is 5.63. The summed E-state index contributed by atoms with van der Waals surface area (Å²) in [6, 6.07) is 14.8. The summed E-state index contributed by atoms with van der Waals surface area (Å²) < 4.78 is 35.1. The Balaban J connectivity index is 1.49. The molecular formula is C24H27NO9. The molecule has 0 saturated carbocycles. The van der Waals surface area contributed by atoms with Crippen LogP contribution in [0.3, 0.4) is 0 Å². The fourth-order valence-corrected chi connectivity index (χ4v) is 4.06. The van der Waals surface area contributed by atoms with E-state index in [9.17, 15) is 14.9 Å². The van der Waals surface area contributed by atoms with E-state index in [4.69, 9.17) is 28.4 Å². The van der Waals surface area contributed by atoms with Gasteiger partial charge in [-0.1, -0.05) is 30.3 Å². The Kier molecular flexibility index (Phi) is 7.24. The zero-order valence-corrected chi connectivity index (χ0v) is 19.1. The van der Waals surface area contributed by atoms with Crippen LogP contribution in [0.4, 0.5) is 5.69 Å². The Bertz CT molecular complexity index is 995. The van der Waals surface area contributed by atoms with Crippen LogP contribution in [0.15, 0.2) is 54.6 Å². The molecule has 0 radical (unpaired) electrons. The average molecular weight is 473 g/mol. The first-order valence-electron chi connectivity index (χ1n) is 10.9. The Labute approximate surface area is 196 Å². The lowest BCUT2D eigenvalue weighted by atomic mass is 10.1. The molecule has 2 heterocycles. The molecule has 182 valence electrons. The van der Waals surface area contributed by atoms with Crippen LogP contribution in [-0.2, 0) is 35.0 Å². The Morgan fingerprint density at radius 3 is 2.47 bits per heavy atom. The quantitative estimate of drug-likeness (QED) is 0.307. The van der Waals surface area contributed by atoms with Gasteiger partial charge in [0.15, 0.2) is 18.2 Å². The van der Waals surface area contributed by atoms with Crippen molar-refractivity contribution >= 4 is 11.7 Å². The van der Waals surface area contributed by atoms with Crippen molar-refractivity contribution in [3.8, 4) is 0 Å². The molecule has 4 rings (SSSR count). The Morgan fingerprint density at radius 2 is 1.82 bits per heavy atom. The van der Waals surface area contributed by atoms with E-state index < -0.39 is 47.4 Å². The maximum absolute atomic E-state index is 12.9. The number of benzene rings is 2. The second kappa shape index (κ2) is 10.2. The predicted octanol–water partition coefficient (Wildman–Crippen LogP) is 3.23. The number of carbonyl (C=O) groups excluding carboxylic acids is 1. The molecule has 0 aromatic heterocycles. The number of nitro groups is 1. The summed E-state index contributed by atoms with van der Waals surface area (Å²) in [5.74, 6) is -1.49. The fourth-order valence-electron chi connectivity index (χ4n) is 4.06. The van der Waals surface area contributed by atoms with Crippen molar-refractivity contribution in [1.29, 1.82) is 0 Å². The minimum absolute atomic E-state index is 0.0287. The lowest BCUT2D eigenvalue weighted by Gasteiger charge is -2.30. The summed E-state index contributed by atoms with van der Waals surface area (Å²) in [6.45, 7) is 3.90. The van der Waals surface area contributed by atoms with Crippen LogP contribution >= 0.6 is 0 Å². The highest BCUT2D eigenvalue weighted by Crippen LogP contribution is 2.40.